The van der Waals surface area contributed by atoms with E-state index in [-0.39, 0.29) is 6.15 Å². The Morgan fingerprint density at radius 2 is 2.13 bits per heavy atom. The monoisotopic (exact) mass is 221 g/mol. The lowest BCUT2D eigenvalue weighted by molar-refractivity contribution is 0.538. The highest BCUT2D eigenvalue weighted by molar-refractivity contribution is 8.27. The fourth-order valence-electron chi connectivity index (χ4n) is 2.08. The maximum absolute atomic E-state index is 4.59. The summed E-state index contributed by atoms with van der Waals surface area (Å²) in [5.41, 5.74) is 1.35. The van der Waals surface area contributed by atoms with E-state index in [2.05, 4.69) is 29.0 Å². The zero-order valence-corrected chi connectivity index (χ0v) is 9.63. The summed E-state index contributed by atoms with van der Waals surface area (Å²) in [5, 5.41) is 1.39. The van der Waals surface area contributed by atoms with Crippen LogP contribution in [0.3, 0.4) is 0 Å². The standard InChI is InChI=1S/C11H12N2S.H3N/c1-2-11-9(13-10(11)14-11)7-8-3-5-12-6-4-8;/h3-6,9H,2,7H2,1H3;1H3. The Bertz CT molecular complexity index is 390. The predicted octanol–water partition coefficient (Wildman–Crippen LogP) is 2.46. The quantitative estimate of drug-likeness (QED) is 0.797. The van der Waals surface area contributed by atoms with E-state index in [1.54, 1.807) is 0 Å². The molecule has 0 aliphatic carbocycles. The molecule has 1 saturated heterocycles. The average Bonchev–Trinajstić information content (AvgIpc) is 2.82. The van der Waals surface area contributed by atoms with Gasteiger partial charge in [0.1, 0.15) is 0 Å². The molecule has 0 aromatic carbocycles. The Kier molecular flexibility index (Phi) is 2.56. The van der Waals surface area contributed by atoms with Crippen LogP contribution in [0, 0.1) is 0 Å². The van der Waals surface area contributed by atoms with E-state index >= 15 is 0 Å². The molecule has 0 spiro atoms. The number of rotatable bonds is 3. The van der Waals surface area contributed by atoms with E-state index in [0.717, 1.165) is 6.42 Å². The van der Waals surface area contributed by atoms with Gasteiger partial charge in [0.2, 0.25) is 0 Å². The maximum atomic E-state index is 4.59. The fourth-order valence-corrected chi connectivity index (χ4v) is 3.31. The van der Waals surface area contributed by atoms with Crippen molar-refractivity contribution in [2.75, 3.05) is 0 Å². The summed E-state index contributed by atoms with van der Waals surface area (Å²) in [5.74, 6) is 0. The van der Waals surface area contributed by atoms with Crippen LogP contribution < -0.4 is 6.15 Å². The Balaban J connectivity index is 0.000000853. The van der Waals surface area contributed by atoms with Gasteiger partial charge in [-0.15, -0.1) is 0 Å². The summed E-state index contributed by atoms with van der Waals surface area (Å²) in [6.45, 7) is 2.26. The molecule has 2 atom stereocenters. The first-order chi connectivity index (χ1) is 6.85. The SMILES string of the molecule is CCC12SC1=NC2Cc1ccncc1.N. The van der Waals surface area contributed by atoms with Crippen LogP contribution in [-0.2, 0) is 6.42 Å². The van der Waals surface area contributed by atoms with Crippen molar-refractivity contribution in [2.45, 2.75) is 30.6 Å². The zero-order chi connectivity index (χ0) is 9.60. The smallest absolute Gasteiger partial charge is 0.0919 e. The minimum absolute atomic E-state index is 0. The molecule has 3 heterocycles. The van der Waals surface area contributed by atoms with Crippen LogP contribution in [0.2, 0.25) is 0 Å². The van der Waals surface area contributed by atoms with Crippen molar-refractivity contribution in [1.82, 2.24) is 11.1 Å². The normalized spacial score (nSPS) is 30.7. The fraction of sp³-hybridized carbons (Fsp3) is 0.455. The van der Waals surface area contributed by atoms with E-state index in [0.29, 0.717) is 10.8 Å². The summed E-state index contributed by atoms with van der Waals surface area (Å²) in [6, 6.07) is 4.70. The third kappa shape index (κ3) is 1.48. The van der Waals surface area contributed by atoms with Gasteiger partial charge < -0.3 is 6.15 Å². The Morgan fingerprint density at radius 1 is 1.40 bits per heavy atom. The second-order valence-corrected chi connectivity index (χ2v) is 5.17. The van der Waals surface area contributed by atoms with Crippen molar-refractivity contribution < 1.29 is 0 Å². The molecular formula is C11H15N3S. The van der Waals surface area contributed by atoms with Gasteiger partial charge in [-0.25, -0.2) is 0 Å². The number of nitrogens with zero attached hydrogens (tertiary/aromatic N) is 2. The summed E-state index contributed by atoms with van der Waals surface area (Å²) in [4.78, 5) is 8.62. The van der Waals surface area contributed by atoms with E-state index in [4.69, 9.17) is 0 Å². The molecule has 0 bridgehead atoms. The highest BCUT2D eigenvalue weighted by Crippen LogP contribution is 2.61. The third-order valence-electron chi connectivity index (χ3n) is 3.11. The number of hydrogen-bond acceptors (Lipinski definition) is 4. The Morgan fingerprint density at radius 3 is 2.67 bits per heavy atom. The van der Waals surface area contributed by atoms with E-state index in [9.17, 15) is 0 Å². The number of thioether (sulfide) groups is 1. The van der Waals surface area contributed by atoms with E-state index in [1.807, 2.05) is 24.2 Å². The van der Waals surface area contributed by atoms with Crippen molar-refractivity contribution in [3.8, 4) is 0 Å². The lowest BCUT2D eigenvalue weighted by Gasteiger charge is -2.25. The topological polar surface area (TPSA) is 60.2 Å². The molecule has 4 heteroatoms. The maximum Gasteiger partial charge on any atom is 0.0919 e. The first-order valence-electron chi connectivity index (χ1n) is 5.01. The van der Waals surface area contributed by atoms with Crippen molar-refractivity contribution in [1.29, 1.82) is 0 Å². The number of aliphatic imine (C=N–C) groups is 1. The van der Waals surface area contributed by atoms with Crippen LogP contribution in [0.25, 0.3) is 0 Å². The lowest BCUT2D eigenvalue weighted by Crippen LogP contribution is -2.37. The molecule has 0 radical (unpaired) electrons. The molecule has 1 aromatic heterocycles. The van der Waals surface area contributed by atoms with Gasteiger partial charge in [0.25, 0.3) is 0 Å². The third-order valence-corrected chi connectivity index (χ3v) is 4.69. The average molecular weight is 221 g/mol. The largest absolute Gasteiger partial charge is 0.344 e. The van der Waals surface area contributed by atoms with Crippen LogP contribution in [0.5, 0.6) is 0 Å². The molecule has 1 aromatic rings. The van der Waals surface area contributed by atoms with Gasteiger partial charge in [0.05, 0.1) is 15.8 Å². The first kappa shape index (κ1) is 10.6. The summed E-state index contributed by atoms with van der Waals surface area (Å²) in [7, 11) is 0. The van der Waals surface area contributed by atoms with Gasteiger partial charge in [-0.1, -0.05) is 18.7 Å². The van der Waals surface area contributed by atoms with Crippen molar-refractivity contribution >= 4 is 16.8 Å². The van der Waals surface area contributed by atoms with Gasteiger partial charge in [-0.05, 0) is 30.5 Å². The number of fused-ring (bicyclic) bond motifs is 1. The molecule has 80 valence electrons. The van der Waals surface area contributed by atoms with Crippen LogP contribution in [0.4, 0.5) is 0 Å². The van der Waals surface area contributed by atoms with Crippen molar-refractivity contribution in [3.63, 3.8) is 0 Å². The summed E-state index contributed by atoms with van der Waals surface area (Å²) in [6.07, 6.45) is 6.02. The molecule has 0 amide bonds. The van der Waals surface area contributed by atoms with Gasteiger partial charge in [-0.2, -0.15) is 0 Å². The molecule has 3 nitrogen and oxygen atoms in total. The highest BCUT2D eigenvalue weighted by atomic mass is 32.2. The molecule has 15 heavy (non-hydrogen) atoms. The second-order valence-electron chi connectivity index (χ2n) is 3.85. The minimum Gasteiger partial charge on any atom is -0.344 e. The van der Waals surface area contributed by atoms with Crippen LogP contribution in [0.15, 0.2) is 29.5 Å². The minimum atomic E-state index is 0. The van der Waals surface area contributed by atoms with Gasteiger partial charge >= 0.3 is 0 Å². The molecule has 3 N–H and O–H groups in total. The van der Waals surface area contributed by atoms with Gasteiger partial charge in [0, 0.05) is 12.4 Å². The zero-order valence-electron chi connectivity index (χ0n) is 8.81. The molecule has 2 aliphatic rings. The van der Waals surface area contributed by atoms with Crippen molar-refractivity contribution in [3.05, 3.63) is 30.1 Å². The van der Waals surface area contributed by atoms with Crippen LogP contribution in [-0.4, -0.2) is 20.8 Å². The van der Waals surface area contributed by atoms with Crippen LogP contribution >= 0.6 is 11.8 Å². The molecule has 3 rings (SSSR count). The molecular weight excluding hydrogens is 206 g/mol. The number of aromatic nitrogens is 1. The first-order valence-corrected chi connectivity index (χ1v) is 5.83. The predicted molar refractivity (Wildman–Crippen MR) is 64.8 cm³/mol. The Labute approximate surface area is 94.0 Å². The second kappa shape index (κ2) is 3.61. The Hall–Kier alpha value is -0.870. The highest BCUT2D eigenvalue weighted by Gasteiger charge is 2.63. The van der Waals surface area contributed by atoms with Crippen molar-refractivity contribution in [2.24, 2.45) is 4.99 Å². The van der Waals surface area contributed by atoms with Gasteiger partial charge in [0.15, 0.2) is 0 Å². The van der Waals surface area contributed by atoms with Crippen LogP contribution in [0.1, 0.15) is 18.9 Å². The lowest BCUT2D eigenvalue weighted by atomic mass is 9.88. The van der Waals surface area contributed by atoms with E-state index in [1.165, 1.54) is 17.0 Å². The molecule has 2 unspecified atom stereocenters. The molecule has 2 aliphatic heterocycles. The molecule has 1 fully saturated rings. The molecule has 0 saturated carbocycles. The number of hydrogen-bond donors (Lipinski definition) is 1. The van der Waals surface area contributed by atoms with Gasteiger partial charge in [-0.3, -0.25) is 9.98 Å². The number of pyridine rings is 1. The summed E-state index contributed by atoms with van der Waals surface area (Å²) >= 11 is 1.97. The van der Waals surface area contributed by atoms with E-state index < -0.39 is 0 Å². The summed E-state index contributed by atoms with van der Waals surface area (Å²) < 4.78 is 0.448.